The van der Waals surface area contributed by atoms with E-state index in [4.69, 9.17) is 5.11 Å². The van der Waals surface area contributed by atoms with E-state index in [9.17, 15) is 9.59 Å². The SMILES string of the molecule is Cc1nn(C)c(C)c1/C=C/C(=O)N[C@@H](CC(C)C)C(=O)O. The molecule has 0 unspecified atom stereocenters. The zero-order valence-electron chi connectivity index (χ0n) is 13.2. The standard InChI is InChI=1S/C15H23N3O3/c1-9(2)8-13(15(20)21)16-14(19)7-6-12-10(3)17-18(5)11(12)4/h6-7,9,13H,8H2,1-5H3,(H,16,19)(H,20,21)/b7-6+/t13-/m0/s1. The molecule has 0 spiro atoms. The minimum Gasteiger partial charge on any atom is -0.480 e. The average Bonchev–Trinajstić information content (AvgIpc) is 2.60. The molecule has 0 radical (unpaired) electrons. The monoisotopic (exact) mass is 293 g/mol. The topological polar surface area (TPSA) is 84.2 Å². The predicted octanol–water partition coefficient (Wildman–Crippen LogP) is 1.67. The quantitative estimate of drug-likeness (QED) is 0.781. The lowest BCUT2D eigenvalue weighted by atomic mass is 10.0. The molecule has 0 saturated heterocycles. The van der Waals surface area contributed by atoms with Crippen LogP contribution in [0.3, 0.4) is 0 Å². The highest BCUT2D eigenvalue weighted by atomic mass is 16.4. The first-order valence-corrected chi connectivity index (χ1v) is 6.94. The van der Waals surface area contributed by atoms with Crippen LogP contribution in [0.4, 0.5) is 0 Å². The summed E-state index contributed by atoms with van der Waals surface area (Å²) in [6.45, 7) is 7.61. The number of carbonyl (C=O) groups excluding carboxylic acids is 1. The van der Waals surface area contributed by atoms with Crippen molar-refractivity contribution in [2.24, 2.45) is 13.0 Å². The lowest BCUT2D eigenvalue weighted by Crippen LogP contribution is -2.40. The van der Waals surface area contributed by atoms with Crippen molar-refractivity contribution in [2.45, 2.75) is 40.2 Å². The first kappa shape index (κ1) is 16.9. The van der Waals surface area contributed by atoms with Gasteiger partial charge in [-0.25, -0.2) is 4.79 Å². The molecule has 0 bridgehead atoms. The van der Waals surface area contributed by atoms with Crippen LogP contribution in [0.25, 0.3) is 6.08 Å². The summed E-state index contributed by atoms with van der Waals surface area (Å²) in [6, 6.07) is -0.863. The molecule has 6 nitrogen and oxygen atoms in total. The first-order valence-electron chi connectivity index (χ1n) is 6.94. The van der Waals surface area contributed by atoms with E-state index in [0.29, 0.717) is 6.42 Å². The van der Waals surface area contributed by atoms with Crippen LogP contribution < -0.4 is 5.32 Å². The third-order valence-corrected chi connectivity index (χ3v) is 3.29. The van der Waals surface area contributed by atoms with Gasteiger partial charge in [-0.3, -0.25) is 9.48 Å². The number of carboxylic acids is 1. The normalized spacial score (nSPS) is 12.9. The van der Waals surface area contributed by atoms with Crippen LogP contribution in [0.2, 0.25) is 0 Å². The van der Waals surface area contributed by atoms with E-state index >= 15 is 0 Å². The largest absolute Gasteiger partial charge is 0.480 e. The van der Waals surface area contributed by atoms with Crippen molar-refractivity contribution >= 4 is 18.0 Å². The summed E-state index contributed by atoms with van der Waals surface area (Å²) >= 11 is 0. The second kappa shape index (κ2) is 7.06. The highest BCUT2D eigenvalue weighted by molar-refractivity contribution is 5.94. The highest BCUT2D eigenvalue weighted by Gasteiger charge is 2.20. The van der Waals surface area contributed by atoms with Gasteiger partial charge >= 0.3 is 5.97 Å². The molecule has 1 amide bonds. The molecule has 2 N–H and O–H groups in total. The molecule has 1 heterocycles. The lowest BCUT2D eigenvalue weighted by Gasteiger charge is -2.15. The summed E-state index contributed by atoms with van der Waals surface area (Å²) in [5.41, 5.74) is 2.66. The summed E-state index contributed by atoms with van der Waals surface area (Å²) in [5, 5.41) is 15.9. The summed E-state index contributed by atoms with van der Waals surface area (Å²) in [4.78, 5) is 23.0. The molecule has 1 aromatic rings. The fourth-order valence-corrected chi connectivity index (χ4v) is 2.10. The Balaban J connectivity index is 2.76. The molecule has 0 aliphatic carbocycles. The Hall–Kier alpha value is -2.11. The molecule has 0 aromatic carbocycles. The second-order valence-corrected chi connectivity index (χ2v) is 5.57. The van der Waals surface area contributed by atoms with E-state index in [1.54, 1.807) is 10.8 Å². The summed E-state index contributed by atoms with van der Waals surface area (Å²) in [7, 11) is 1.84. The Labute approximate surface area is 124 Å². The minimum atomic E-state index is -1.01. The molecule has 0 aliphatic heterocycles. The van der Waals surface area contributed by atoms with Crippen LogP contribution >= 0.6 is 0 Å². The minimum absolute atomic E-state index is 0.193. The molecule has 1 rings (SSSR count). The summed E-state index contributed by atoms with van der Waals surface area (Å²) in [6.07, 6.45) is 3.43. The maximum Gasteiger partial charge on any atom is 0.326 e. The molecule has 6 heteroatoms. The van der Waals surface area contributed by atoms with Gasteiger partial charge in [-0.1, -0.05) is 13.8 Å². The summed E-state index contributed by atoms with van der Waals surface area (Å²) in [5.74, 6) is -1.23. The number of amides is 1. The van der Waals surface area contributed by atoms with Crippen LogP contribution in [0.5, 0.6) is 0 Å². The van der Waals surface area contributed by atoms with E-state index < -0.39 is 17.9 Å². The maximum absolute atomic E-state index is 11.9. The first-order chi connectivity index (χ1) is 9.72. The van der Waals surface area contributed by atoms with Crippen LogP contribution in [0.15, 0.2) is 6.08 Å². The average molecular weight is 293 g/mol. The van der Waals surface area contributed by atoms with Gasteiger partial charge in [0.2, 0.25) is 5.91 Å². The van der Waals surface area contributed by atoms with E-state index in [0.717, 1.165) is 17.0 Å². The van der Waals surface area contributed by atoms with Crippen molar-refractivity contribution in [1.29, 1.82) is 0 Å². The van der Waals surface area contributed by atoms with Crippen molar-refractivity contribution in [3.05, 3.63) is 23.0 Å². The Bertz CT molecular complexity index is 559. The van der Waals surface area contributed by atoms with Crippen LogP contribution in [0, 0.1) is 19.8 Å². The zero-order chi connectivity index (χ0) is 16.2. The Morgan fingerprint density at radius 2 is 2.00 bits per heavy atom. The number of hydrogen-bond acceptors (Lipinski definition) is 3. The van der Waals surface area contributed by atoms with Crippen molar-refractivity contribution in [3.63, 3.8) is 0 Å². The molecule has 116 valence electrons. The van der Waals surface area contributed by atoms with E-state index in [-0.39, 0.29) is 5.92 Å². The number of nitrogens with zero attached hydrogens (tertiary/aromatic N) is 2. The maximum atomic E-state index is 11.9. The van der Waals surface area contributed by atoms with Gasteiger partial charge < -0.3 is 10.4 Å². The Morgan fingerprint density at radius 3 is 2.43 bits per heavy atom. The van der Waals surface area contributed by atoms with Gasteiger partial charge in [0.1, 0.15) is 6.04 Å². The van der Waals surface area contributed by atoms with Crippen molar-refractivity contribution in [3.8, 4) is 0 Å². The molecular weight excluding hydrogens is 270 g/mol. The number of aromatic nitrogens is 2. The fraction of sp³-hybridized carbons (Fsp3) is 0.533. The van der Waals surface area contributed by atoms with E-state index in [2.05, 4.69) is 10.4 Å². The molecule has 1 atom stereocenters. The van der Waals surface area contributed by atoms with E-state index in [1.165, 1.54) is 6.08 Å². The molecule has 0 fully saturated rings. The third-order valence-electron chi connectivity index (χ3n) is 3.29. The fourth-order valence-electron chi connectivity index (χ4n) is 2.10. The molecule has 0 saturated carbocycles. The van der Waals surface area contributed by atoms with Gasteiger partial charge in [0.05, 0.1) is 5.69 Å². The predicted molar refractivity (Wildman–Crippen MR) is 80.7 cm³/mol. The number of carboxylic acid groups (broad SMARTS) is 1. The highest BCUT2D eigenvalue weighted by Crippen LogP contribution is 2.13. The van der Waals surface area contributed by atoms with Gasteiger partial charge in [0.15, 0.2) is 0 Å². The van der Waals surface area contributed by atoms with Crippen LogP contribution in [0.1, 0.15) is 37.2 Å². The number of nitrogens with one attached hydrogen (secondary N) is 1. The Morgan fingerprint density at radius 1 is 1.38 bits per heavy atom. The number of aliphatic carboxylic acids is 1. The van der Waals surface area contributed by atoms with Crippen LogP contribution in [-0.2, 0) is 16.6 Å². The third kappa shape index (κ3) is 4.73. The van der Waals surface area contributed by atoms with Crippen molar-refractivity contribution < 1.29 is 14.7 Å². The lowest BCUT2D eigenvalue weighted by molar-refractivity contribution is -0.141. The second-order valence-electron chi connectivity index (χ2n) is 5.57. The number of rotatable bonds is 6. The molecule has 21 heavy (non-hydrogen) atoms. The van der Waals surface area contributed by atoms with Gasteiger partial charge in [0.25, 0.3) is 0 Å². The molecule has 0 aliphatic rings. The van der Waals surface area contributed by atoms with Gasteiger partial charge in [-0.15, -0.1) is 0 Å². The zero-order valence-corrected chi connectivity index (χ0v) is 13.2. The van der Waals surface area contributed by atoms with Crippen LogP contribution in [-0.4, -0.2) is 32.8 Å². The van der Waals surface area contributed by atoms with Gasteiger partial charge in [0, 0.05) is 24.4 Å². The number of hydrogen-bond donors (Lipinski definition) is 2. The van der Waals surface area contributed by atoms with Crippen molar-refractivity contribution in [2.75, 3.05) is 0 Å². The van der Waals surface area contributed by atoms with Crippen molar-refractivity contribution in [1.82, 2.24) is 15.1 Å². The van der Waals surface area contributed by atoms with E-state index in [1.807, 2.05) is 34.7 Å². The number of carbonyl (C=O) groups is 2. The summed E-state index contributed by atoms with van der Waals surface area (Å²) < 4.78 is 1.74. The van der Waals surface area contributed by atoms with Gasteiger partial charge in [-0.05, 0) is 32.3 Å². The van der Waals surface area contributed by atoms with Gasteiger partial charge in [-0.2, -0.15) is 5.10 Å². The molecular formula is C15H23N3O3. The smallest absolute Gasteiger partial charge is 0.326 e. The number of aryl methyl sites for hydroxylation is 2. The molecule has 1 aromatic heterocycles. The Kier molecular flexibility index (Phi) is 5.69.